The number of ether oxygens (including phenoxy) is 1. The predicted octanol–water partition coefficient (Wildman–Crippen LogP) is 1.30. The number of likely N-dealkylation sites (N-methyl/N-ethyl adjacent to an activating group) is 1. The molecule has 0 bridgehead atoms. The molecular formula is C27H39N5O5. The third kappa shape index (κ3) is 6.80. The zero-order valence-electron chi connectivity index (χ0n) is 21.8. The standard InChI is InChI=1S/C27H39N5O5/c1-17(28-2)25(34)31-22-9-4-3-8-21-10-11-23(32(21)27(22)36)26(35)30-14-18-6-5-7-20(12-18)29-15-19-13-24(33)37-16-19/h5-7,12,17,19,21-23,28-29H,3-4,8-11,13-16H2,1-2H3,(H,30,35)(H,31,34). The molecule has 202 valence electrons. The van der Waals surface area contributed by atoms with Gasteiger partial charge in [0.2, 0.25) is 17.7 Å². The number of hydrogen-bond acceptors (Lipinski definition) is 7. The molecule has 5 atom stereocenters. The first-order valence-electron chi connectivity index (χ1n) is 13.4. The number of cyclic esters (lactones) is 1. The fourth-order valence-electron chi connectivity index (χ4n) is 5.41. The van der Waals surface area contributed by atoms with E-state index in [4.69, 9.17) is 4.74 Å². The van der Waals surface area contributed by atoms with Gasteiger partial charge >= 0.3 is 5.97 Å². The van der Waals surface area contributed by atoms with E-state index in [2.05, 4.69) is 21.3 Å². The molecule has 0 radical (unpaired) electrons. The molecule has 1 aromatic carbocycles. The summed E-state index contributed by atoms with van der Waals surface area (Å²) in [7, 11) is 1.71. The molecule has 3 aliphatic rings. The predicted molar refractivity (Wildman–Crippen MR) is 138 cm³/mol. The highest BCUT2D eigenvalue weighted by Gasteiger charge is 2.43. The summed E-state index contributed by atoms with van der Waals surface area (Å²) in [5.41, 5.74) is 1.86. The van der Waals surface area contributed by atoms with Gasteiger partial charge in [-0.1, -0.05) is 25.0 Å². The van der Waals surface area contributed by atoms with Crippen molar-refractivity contribution in [3.8, 4) is 0 Å². The number of hydrogen-bond donors (Lipinski definition) is 4. The second kappa shape index (κ2) is 12.4. The van der Waals surface area contributed by atoms with Crippen molar-refractivity contribution in [2.45, 2.75) is 82.6 Å². The van der Waals surface area contributed by atoms with E-state index in [0.717, 1.165) is 36.9 Å². The molecule has 4 rings (SSSR count). The minimum absolute atomic E-state index is 0.0312. The zero-order chi connectivity index (χ0) is 26.4. The molecule has 5 unspecified atom stereocenters. The zero-order valence-corrected chi connectivity index (χ0v) is 21.8. The summed E-state index contributed by atoms with van der Waals surface area (Å²) in [4.78, 5) is 52.3. The molecule has 10 nitrogen and oxygen atoms in total. The first-order valence-corrected chi connectivity index (χ1v) is 13.4. The van der Waals surface area contributed by atoms with Crippen LogP contribution in [-0.4, -0.2) is 73.0 Å². The molecule has 0 aromatic heterocycles. The van der Waals surface area contributed by atoms with Crippen LogP contribution in [0.3, 0.4) is 0 Å². The first-order chi connectivity index (χ1) is 17.9. The van der Waals surface area contributed by atoms with Crippen LogP contribution in [0.15, 0.2) is 24.3 Å². The van der Waals surface area contributed by atoms with Crippen LogP contribution in [0.5, 0.6) is 0 Å². The molecule has 10 heteroatoms. The van der Waals surface area contributed by atoms with Crippen molar-refractivity contribution in [1.29, 1.82) is 0 Å². The maximum absolute atomic E-state index is 13.5. The Morgan fingerprint density at radius 1 is 1.14 bits per heavy atom. The van der Waals surface area contributed by atoms with Crippen LogP contribution in [0.25, 0.3) is 0 Å². The Hall–Kier alpha value is -3.14. The summed E-state index contributed by atoms with van der Waals surface area (Å²) in [6, 6.07) is 6.29. The number of nitrogens with one attached hydrogen (secondary N) is 4. The van der Waals surface area contributed by atoms with E-state index in [-0.39, 0.29) is 35.7 Å². The number of carbonyl (C=O) groups is 4. The highest BCUT2D eigenvalue weighted by molar-refractivity contribution is 5.93. The highest BCUT2D eigenvalue weighted by Crippen LogP contribution is 2.31. The van der Waals surface area contributed by atoms with Crippen LogP contribution in [0.2, 0.25) is 0 Å². The number of fused-ring (bicyclic) bond motifs is 1. The largest absolute Gasteiger partial charge is 0.465 e. The van der Waals surface area contributed by atoms with Crippen molar-refractivity contribution in [3.05, 3.63) is 29.8 Å². The maximum atomic E-state index is 13.5. The second-order valence-corrected chi connectivity index (χ2v) is 10.4. The topological polar surface area (TPSA) is 129 Å². The van der Waals surface area contributed by atoms with Gasteiger partial charge in [0.1, 0.15) is 12.1 Å². The van der Waals surface area contributed by atoms with Crippen molar-refractivity contribution in [2.24, 2.45) is 5.92 Å². The van der Waals surface area contributed by atoms with Gasteiger partial charge in [0.25, 0.3) is 0 Å². The van der Waals surface area contributed by atoms with Crippen LogP contribution in [0.4, 0.5) is 5.69 Å². The minimum Gasteiger partial charge on any atom is -0.465 e. The molecule has 37 heavy (non-hydrogen) atoms. The lowest BCUT2D eigenvalue weighted by atomic mass is 9.98. The quantitative estimate of drug-likeness (QED) is 0.367. The Morgan fingerprint density at radius 2 is 1.95 bits per heavy atom. The van der Waals surface area contributed by atoms with Crippen LogP contribution in [-0.2, 0) is 30.5 Å². The fraction of sp³-hybridized carbons (Fsp3) is 0.630. The molecule has 3 heterocycles. The van der Waals surface area contributed by atoms with Gasteiger partial charge in [-0.05, 0) is 57.4 Å². The SMILES string of the molecule is CNC(C)C(=O)NC1CCCCC2CCC(C(=O)NCc3cccc(NCC4COC(=O)C4)c3)N2C1=O. The Morgan fingerprint density at radius 3 is 2.70 bits per heavy atom. The van der Waals surface area contributed by atoms with Crippen LogP contribution < -0.4 is 21.3 Å². The van der Waals surface area contributed by atoms with Gasteiger partial charge in [-0.2, -0.15) is 0 Å². The molecule has 0 spiro atoms. The van der Waals surface area contributed by atoms with Gasteiger partial charge in [-0.3, -0.25) is 19.2 Å². The number of carbonyl (C=O) groups excluding carboxylic acids is 4. The van der Waals surface area contributed by atoms with Crippen LogP contribution in [0.1, 0.15) is 57.4 Å². The van der Waals surface area contributed by atoms with Crippen molar-refractivity contribution < 1.29 is 23.9 Å². The van der Waals surface area contributed by atoms with Gasteiger partial charge in [0.15, 0.2) is 0 Å². The molecule has 3 aliphatic heterocycles. The number of esters is 1. The lowest BCUT2D eigenvalue weighted by molar-refractivity contribution is -0.144. The molecular weight excluding hydrogens is 474 g/mol. The Bertz CT molecular complexity index is 1000. The van der Waals surface area contributed by atoms with Gasteiger partial charge < -0.3 is 30.9 Å². The van der Waals surface area contributed by atoms with Crippen molar-refractivity contribution in [2.75, 3.05) is 25.5 Å². The molecule has 0 saturated carbocycles. The van der Waals surface area contributed by atoms with E-state index in [0.29, 0.717) is 39.0 Å². The average molecular weight is 514 g/mol. The third-order valence-electron chi connectivity index (χ3n) is 7.70. The number of amides is 3. The van der Waals surface area contributed by atoms with Crippen LogP contribution in [0, 0.1) is 5.92 Å². The highest BCUT2D eigenvalue weighted by atomic mass is 16.5. The number of nitrogens with zero attached hydrogens (tertiary/aromatic N) is 1. The summed E-state index contributed by atoms with van der Waals surface area (Å²) < 4.78 is 5.01. The molecule has 0 aliphatic carbocycles. The van der Waals surface area contributed by atoms with E-state index in [1.54, 1.807) is 18.9 Å². The summed E-state index contributed by atoms with van der Waals surface area (Å²) >= 11 is 0. The first kappa shape index (κ1) is 26.9. The van der Waals surface area contributed by atoms with Gasteiger partial charge in [-0.15, -0.1) is 0 Å². The molecule has 3 fully saturated rings. The number of benzene rings is 1. The smallest absolute Gasteiger partial charge is 0.306 e. The van der Waals surface area contributed by atoms with E-state index in [9.17, 15) is 19.2 Å². The minimum atomic E-state index is -0.609. The normalized spacial score (nSPS) is 26.5. The molecule has 3 amide bonds. The fourth-order valence-corrected chi connectivity index (χ4v) is 5.41. The molecule has 4 N–H and O–H groups in total. The van der Waals surface area contributed by atoms with Gasteiger partial charge in [-0.25, -0.2) is 0 Å². The van der Waals surface area contributed by atoms with Crippen molar-refractivity contribution >= 4 is 29.4 Å². The van der Waals surface area contributed by atoms with E-state index >= 15 is 0 Å². The van der Waals surface area contributed by atoms with Crippen molar-refractivity contribution in [3.63, 3.8) is 0 Å². The maximum Gasteiger partial charge on any atom is 0.306 e. The Kier molecular flexibility index (Phi) is 9.02. The summed E-state index contributed by atoms with van der Waals surface area (Å²) in [6.07, 6.45) is 5.16. The van der Waals surface area contributed by atoms with Gasteiger partial charge in [0, 0.05) is 30.7 Å². The molecule has 1 aromatic rings. The van der Waals surface area contributed by atoms with Crippen molar-refractivity contribution in [1.82, 2.24) is 20.9 Å². The summed E-state index contributed by atoms with van der Waals surface area (Å²) in [6.45, 7) is 3.19. The lowest BCUT2D eigenvalue weighted by Gasteiger charge is -2.35. The van der Waals surface area contributed by atoms with E-state index in [1.807, 2.05) is 24.3 Å². The monoisotopic (exact) mass is 513 g/mol. The van der Waals surface area contributed by atoms with E-state index in [1.165, 1.54) is 0 Å². The van der Waals surface area contributed by atoms with Crippen LogP contribution >= 0.6 is 0 Å². The van der Waals surface area contributed by atoms with E-state index < -0.39 is 18.1 Å². The second-order valence-electron chi connectivity index (χ2n) is 10.4. The Balaban J connectivity index is 1.35. The Labute approximate surface area is 218 Å². The lowest BCUT2D eigenvalue weighted by Crippen LogP contribution is -2.57. The van der Waals surface area contributed by atoms with Gasteiger partial charge in [0.05, 0.1) is 19.1 Å². The molecule has 3 saturated heterocycles. The summed E-state index contributed by atoms with van der Waals surface area (Å²) in [5.74, 6) is -0.517. The summed E-state index contributed by atoms with van der Waals surface area (Å²) in [5, 5.41) is 12.2. The number of anilines is 1. The average Bonchev–Trinajstić information content (AvgIpc) is 3.51. The third-order valence-corrected chi connectivity index (χ3v) is 7.70. The number of rotatable bonds is 9.